The van der Waals surface area contributed by atoms with Gasteiger partial charge < -0.3 is 9.32 Å². The van der Waals surface area contributed by atoms with Gasteiger partial charge in [-0.3, -0.25) is 0 Å². The number of hydrogen-bond donors (Lipinski definition) is 0. The molecule has 0 atom stereocenters. The molecule has 1 aliphatic carbocycles. The van der Waals surface area contributed by atoms with Crippen LogP contribution < -0.4 is 4.90 Å². The summed E-state index contributed by atoms with van der Waals surface area (Å²) in [5.41, 5.74) is 15.0. The summed E-state index contributed by atoms with van der Waals surface area (Å²) in [5.74, 6) is 0. The minimum atomic E-state index is -0.132. The average molecular weight is 704 g/mol. The Hall–Kier alpha value is -6.90. The van der Waals surface area contributed by atoms with Gasteiger partial charge in [0.2, 0.25) is 0 Å². The van der Waals surface area contributed by atoms with Gasteiger partial charge in [0.15, 0.2) is 0 Å². The van der Waals surface area contributed by atoms with Crippen molar-refractivity contribution in [2.75, 3.05) is 4.90 Å². The van der Waals surface area contributed by atoms with E-state index in [0.29, 0.717) is 0 Å². The molecular formula is C53H37NO. The first-order valence-corrected chi connectivity index (χ1v) is 19.1. The molecule has 0 radical (unpaired) electrons. The first-order valence-electron chi connectivity index (χ1n) is 19.1. The Morgan fingerprint density at radius 3 is 1.80 bits per heavy atom. The van der Waals surface area contributed by atoms with E-state index >= 15 is 0 Å². The lowest BCUT2D eigenvalue weighted by molar-refractivity contribution is 0.660. The lowest BCUT2D eigenvalue weighted by atomic mass is 9.82. The van der Waals surface area contributed by atoms with Crippen molar-refractivity contribution in [2.24, 2.45) is 0 Å². The van der Waals surface area contributed by atoms with Gasteiger partial charge in [-0.1, -0.05) is 153 Å². The zero-order chi connectivity index (χ0) is 36.7. The maximum Gasteiger partial charge on any atom is 0.137 e. The van der Waals surface area contributed by atoms with Gasteiger partial charge >= 0.3 is 0 Å². The van der Waals surface area contributed by atoms with E-state index in [0.717, 1.165) is 39.0 Å². The molecule has 55 heavy (non-hydrogen) atoms. The van der Waals surface area contributed by atoms with E-state index in [1.54, 1.807) is 0 Å². The highest BCUT2D eigenvalue weighted by Crippen LogP contribution is 2.51. The van der Waals surface area contributed by atoms with Crippen molar-refractivity contribution in [1.29, 1.82) is 0 Å². The second kappa shape index (κ2) is 12.1. The van der Waals surface area contributed by atoms with Crippen molar-refractivity contribution < 1.29 is 4.42 Å². The van der Waals surface area contributed by atoms with Crippen molar-refractivity contribution in [1.82, 2.24) is 0 Å². The van der Waals surface area contributed by atoms with Crippen LogP contribution in [0.3, 0.4) is 0 Å². The Bertz CT molecular complexity index is 3120. The quantitative estimate of drug-likeness (QED) is 0.166. The van der Waals surface area contributed by atoms with E-state index in [1.165, 1.54) is 66.1 Å². The average Bonchev–Trinajstić information content (AvgIpc) is 3.72. The molecule has 0 saturated carbocycles. The highest BCUT2D eigenvalue weighted by atomic mass is 16.3. The summed E-state index contributed by atoms with van der Waals surface area (Å²) in [6.45, 7) is 4.70. The first-order chi connectivity index (χ1) is 27.0. The van der Waals surface area contributed by atoms with Crippen molar-refractivity contribution >= 4 is 60.5 Å². The van der Waals surface area contributed by atoms with E-state index in [1.807, 2.05) is 0 Å². The molecule has 0 bridgehead atoms. The second-order valence-corrected chi connectivity index (χ2v) is 15.3. The maximum atomic E-state index is 6.76. The fourth-order valence-electron chi connectivity index (χ4n) is 9.17. The minimum Gasteiger partial charge on any atom is -0.456 e. The van der Waals surface area contributed by atoms with Gasteiger partial charge in [0.1, 0.15) is 11.2 Å². The van der Waals surface area contributed by atoms with Gasteiger partial charge in [-0.2, -0.15) is 0 Å². The third-order valence-corrected chi connectivity index (χ3v) is 11.8. The van der Waals surface area contributed by atoms with Crippen LogP contribution >= 0.6 is 0 Å². The summed E-state index contributed by atoms with van der Waals surface area (Å²) in [4.78, 5) is 2.40. The van der Waals surface area contributed by atoms with Crippen LogP contribution in [0.2, 0.25) is 0 Å². The van der Waals surface area contributed by atoms with Gasteiger partial charge in [-0.05, 0) is 103 Å². The molecule has 0 spiro atoms. The Morgan fingerprint density at radius 1 is 0.382 bits per heavy atom. The summed E-state index contributed by atoms with van der Waals surface area (Å²) >= 11 is 0. The van der Waals surface area contributed by atoms with Crippen molar-refractivity contribution in [2.45, 2.75) is 19.3 Å². The summed E-state index contributed by atoms with van der Waals surface area (Å²) in [6, 6.07) is 68.4. The molecule has 0 amide bonds. The van der Waals surface area contributed by atoms with Crippen molar-refractivity contribution in [3.63, 3.8) is 0 Å². The zero-order valence-corrected chi connectivity index (χ0v) is 30.8. The summed E-state index contributed by atoms with van der Waals surface area (Å²) < 4.78 is 6.76. The van der Waals surface area contributed by atoms with Gasteiger partial charge in [0.25, 0.3) is 0 Å². The highest BCUT2D eigenvalue weighted by molar-refractivity contribution is 6.26. The number of hydrogen-bond acceptors (Lipinski definition) is 2. The molecule has 0 unspecified atom stereocenters. The van der Waals surface area contributed by atoms with Crippen molar-refractivity contribution in [3.05, 3.63) is 199 Å². The van der Waals surface area contributed by atoms with Crippen LogP contribution in [0.5, 0.6) is 0 Å². The minimum absolute atomic E-state index is 0.132. The molecular weight excluding hydrogens is 667 g/mol. The molecule has 260 valence electrons. The fourth-order valence-corrected chi connectivity index (χ4v) is 9.17. The zero-order valence-electron chi connectivity index (χ0n) is 30.8. The molecule has 1 heterocycles. The Kier molecular flexibility index (Phi) is 6.93. The number of nitrogens with zero attached hydrogens (tertiary/aromatic N) is 1. The summed E-state index contributed by atoms with van der Waals surface area (Å²) in [5, 5.41) is 7.22. The lowest BCUT2D eigenvalue weighted by Gasteiger charge is -2.29. The van der Waals surface area contributed by atoms with Crippen LogP contribution in [0.1, 0.15) is 25.0 Å². The highest BCUT2D eigenvalue weighted by Gasteiger charge is 2.36. The summed E-state index contributed by atoms with van der Waals surface area (Å²) in [7, 11) is 0. The monoisotopic (exact) mass is 703 g/mol. The molecule has 2 nitrogen and oxygen atoms in total. The Balaban J connectivity index is 1.15. The molecule has 0 aliphatic heterocycles. The molecule has 11 rings (SSSR count). The predicted octanol–water partition coefficient (Wildman–Crippen LogP) is 15.0. The molecule has 0 fully saturated rings. The summed E-state index contributed by atoms with van der Waals surface area (Å²) in [6.07, 6.45) is 0. The first kappa shape index (κ1) is 31.6. The van der Waals surface area contributed by atoms with Crippen LogP contribution in [0.25, 0.3) is 76.9 Å². The number of rotatable bonds is 5. The van der Waals surface area contributed by atoms with Crippen molar-refractivity contribution in [3.8, 4) is 33.4 Å². The number of fused-ring (bicyclic) bond motifs is 10. The van der Waals surface area contributed by atoms with Crippen LogP contribution in [0.4, 0.5) is 17.1 Å². The van der Waals surface area contributed by atoms with Gasteiger partial charge in [-0.25, -0.2) is 0 Å². The number of anilines is 3. The molecule has 9 aromatic carbocycles. The van der Waals surface area contributed by atoms with Crippen LogP contribution in [-0.4, -0.2) is 0 Å². The van der Waals surface area contributed by atoms with Gasteiger partial charge in [-0.15, -0.1) is 0 Å². The second-order valence-electron chi connectivity index (χ2n) is 15.3. The molecule has 1 aromatic heterocycles. The van der Waals surface area contributed by atoms with E-state index in [4.69, 9.17) is 4.42 Å². The van der Waals surface area contributed by atoms with E-state index in [-0.39, 0.29) is 5.41 Å². The normalized spacial score (nSPS) is 13.1. The Labute approximate surface area is 320 Å². The molecule has 0 saturated heterocycles. The number of furan rings is 1. The largest absolute Gasteiger partial charge is 0.456 e. The molecule has 10 aromatic rings. The smallest absolute Gasteiger partial charge is 0.137 e. The third-order valence-electron chi connectivity index (χ3n) is 11.8. The lowest BCUT2D eigenvalue weighted by Crippen LogP contribution is -2.16. The number of benzene rings is 9. The maximum absolute atomic E-state index is 6.76. The molecule has 1 aliphatic rings. The van der Waals surface area contributed by atoms with E-state index in [2.05, 4.69) is 207 Å². The molecule has 0 N–H and O–H groups in total. The van der Waals surface area contributed by atoms with Crippen LogP contribution in [0.15, 0.2) is 192 Å². The van der Waals surface area contributed by atoms with E-state index in [9.17, 15) is 0 Å². The predicted molar refractivity (Wildman–Crippen MR) is 232 cm³/mol. The standard InChI is InChI=1S/C53H37NO/c1-53(2)47-20-12-11-19-43(47)44-28-25-39(32-48(44)53)54(38-24-27-41(34-13-5-3-6-14-34)46(31-38)35-15-7-4-8-16-35)40-26-29-45-50(33-40)55-49-30-23-37-22-21-36-17-9-10-18-42(36)51(37)52(45)49/h3-33H,1-2H3. The van der Waals surface area contributed by atoms with Crippen LogP contribution in [-0.2, 0) is 5.41 Å². The SMILES string of the molecule is CC1(C)c2ccccc2-c2ccc(N(c3ccc(-c4ccccc4)c(-c4ccccc4)c3)c3ccc4c(c3)oc3ccc5ccc6ccccc6c5c34)cc21. The van der Waals surface area contributed by atoms with Crippen LogP contribution in [0, 0.1) is 0 Å². The van der Waals surface area contributed by atoms with Gasteiger partial charge in [0.05, 0.1) is 0 Å². The third kappa shape index (κ3) is 4.88. The fraction of sp³-hybridized carbons (Fsp3) is 0.0566. The van der Waals surface area contributed by atoms with E-state index < -0.39 is 0 Å². The molecule has 2 heteroatoms. The Morgan fingerprint density at radius 2 is 0.982 bits per heavy atom. The topological polar surface area (TPSA) is 16.4 Å². The van der Waals surface area contributed by atoms with Gasteiger partial charge in [0, 0.05) is 44.7 Å².